The van der Waals surface area contributed by atoms with Crippen LogP contribution in [0.3, 0.4) is 0 Å². The number of hydrogen-bond donors (Lipinski definition) is 0. The lowest BCUT2D eigenvalue weighted by atomic mass is 9.84. The van der Waals surface area contributed by atoms with Gasteiger partial charge in [-0.3, -0.25) is 9.98 Å². The number of aromatic nitrogens is 1. The maximum absolute atomic E-state index is 14.4. The van der Waals surface area contributed by atoms with Gasteiger partial charge < -0.3 is 0 Å². The summed E-state index contributed by atoms with van der Waals surface area (Å²) in [6.45, 7) is 5.88. The van der Waals surface area contributed by atoms with Crippen LogP contribution >= 0.6 is 0 Å². The minimum Gasteiger partial charge on any atom is -0.278 e. The van der Waals surface area contributed by atoms with Gasteiger partial charge in [-0.1, -0.05) is 18.2 Å². The first-order valence-electron chi connectivity index (χ1n) is 8.28. The van der Waals surface area contributed by atoms with Gasteiger partial charge >= 0.3 is 0 Å². The van der Waals surface area contributed by atoms with E-state index in [1.54, 1.807) is 12.3 Å². The molecule has 0 aliphatic carbocycles. The van der Waals surface area contributed by atoms with Crippen molar-refractivity contribution in [3.63, 3.8) is 0 Å². The van der Waals surface area contributed by atoms with E-state index in [-0.39, 0.29) is 0 Å². The monoisotopic (exact) mass is 336 g/mol. The highest BCUT2D eigenvalue weighted by atomic mass is 19.2. The van der Waals surface area contributed by atoms with E-state index in [0.29, 0.717) is 23.3 Å². The average molecular weight is 336 g/mol. The first-order valence-corrected chi connectivity index (χ1v) is 8.28. The van der Waals surface area contributed by atoms with Crippen LogP contribution < -0.4 is 0 Å². The van der Waals surface area contributed by atoms with E-state index in [1.165, 1.54) is 6.07 Å². The number of aliphatic imine (C=N–C) groups is 1. The van der Waals surface area contributed by atoms with Gasteiger partial charge in [-0.2, -0.15) is 0 Å². The van der Waals surface area contributed by atoms with Crippen molar-refractivity contribution in [1.82, 2.24) is 4.98 Å². The lowest BCUT2D eigenvalue weighted by molar-refractivity contribution is 0.462. The molecule has 0 fully saturated rings. The Kier molecular flexibility index (Phi) is 3.46. The lowest BCUT2D eigenvalue weighted by Crippen LogP contribution is -2.30. The minimum absolute atomic E-state index is 0.371. The fourth-order valence-corrected chi connectivity index (χ4v) is 3.49. The van der Waals surface area contributed by atoms with Crippen molar-refractivity contribution in [2.24, 2.45) is 4.99 Å². The Morgan fingerprint density at radius 1 is 1.08 bits per heavy atom. The molecule has 25 heavy (non-hydrogen) atoms. The summed E-state index contributed by atoms with van der Waals surface area (Å²) in [5.74, 6) is -1.59. The Morgan fingerprint density at radius 3 is 2.68 bits per heavy atom. The molecule has 0 N–H and O–H groups in total. The second-order valence-electron chi connectivity index (χ2n) is 7.21. The molecule has 0 bridgehead atoms. The van der Waals surface area contributed by atoms with Crippen molar-refractivity contribution in [3.8, 4) is 0 Å². The van der Waals surface area contributed by atoms with Gasteiger partial charge in [0.2, 0.25) is 0 Å². The number of halogens is 2. The Balaban J connectivity index is 1.96. The molecule has 0 saturated heterocycles. The molecule has 1 aliphatic rings. The van der Waals surface area contributed by atoms with Gasteiger partial charge in [0.25, 0.3) is 0 Å². The van der Waals surface area contributed by atoms with Crippen molar-refractivity contribution in [3.05, 3.63) is 76.5 Å². The van der Waals surface area contributed by atoms with Crippen LogP contribution in [0.25, 0.3) is 10.9 Å². The molecule has 4 heteroatoms. The number of fused-ring (bicyclic) bond motifs is 2. The van der Waals surface area contributed by atoms with Crippen LogP contribution in [0, 0.1) is 18.6 Å². The van der Waals surface area contributed by atoms with Gasteiger partial charge in [-0.25, -0.2) is 8.78 Å². The molecule has 0 unspecified atom stereocenters. The van der Waals surface area contributed by atoms with E-state index < -0.39 is 17.2 Å². The number of aryl methyl sites for hydroxylation is 1. The summed E-state index contributed by atoms with van der Waals surface area (Å²) in [7, 11) is 0. The summed E-state index contributed by atoms with van der Waals surface area (Å²) in [5, 5.41) is 1.01. The third-order valence-electron chi connectivity index (χ3n) is 4.66. The van der Waals surface area contributed by atoms with Crippen LogP contribution in [0.1, 0.15) is 36.1 Å². The van der Waals surface area contributed by atoms with Crippen LogP contribution in [0.2, 0.25) is 0 Å². The van der Waals surface area contributed by atoms with Gasteiger partial charge in [-0.15, -0.1) is 0 Å². The zero-order valence-corrected chi connectivity index (χ0v) is 14.4. The van der Waals surface area contributed by atoms with Crippen LogP contribution in [0.4, 0.5) is 8.78 Å². The number of nitrogens with zero attached hydrogens (tertiary/aromatic N) is 2. The standard InChI is InChI=1S/C21H18F2N2/c1-12-5-4-6-13-9-14(11-24-19(12)13)20-15-7-8-17(22)18(23)16(15)10-21(2,3)25-20/h4-9,11H,10H2,1-3H3. The zero-order valence-electron chi connectivity index (χ0n) is 14.4. The summed E-state index contributed by atoms with van der Waals surface area (Å²) in [4.78, 5) is 9.38. The number of para-hydroxylation sites is 1. The first kappa shape index (κ1) is 15.9. The molecular formula is C21H18F2N2. The highest BCUT2D eigenvalue weighted by Gasteiger charge is 2.31. The van der Waals surface area contributed by atoms with E-state index in [2.05, 4.69) is 4.98 Å². The molecule has 126 valence electrons. The molecule has 0 saturated carbocycles. The molecule has 0 radical (unpaired) electrons. The maximum atomic E-state index is 14.4. The molecule has 0 amide bonds. The highest BCUT2D eigenvalue weighted by molar-refractivity contribution is 6.15. The maximum Gasteiger partial charge on any atom is 0.162 e. The zero-order chi connectivity index (χ0) is 17.8. The van der Waals surface area contributed by atoms with Gasteiger partial charge in [0.15, 0.2) is 11.6 Å². The van der Waals surface area contributed by atoms with E-state index in [4.69, 9.17) is 4.99 Å². The Morgan fingerprint density at radius 2 is 1.88 bits per heavy atom. The number of pyridine rings is 1. The minimum atomic E-state index is -0.817. The molecule has 1 aromatic heterocycles. The fourth-order valence-electron chi connectivity index (χ4n) is 3.49. The largest absolute Gasteiger partial charge is 0.278 e. The Bertz CT molecular complexity index is 1040. The molecular weight excluding hydrogens is 318 g/mol. The van der Waals surface area contributed by atoms with Crippen molar-refractivity contribution < 1.29 is 8.78 Å². The molecule has 2 heterocycles. The second-order valence-corrected chi connectivity index (χ2v) is 7.21. The Labute approximate surface area is 145 Å². The van der Waals surface area contributed by atoms with E-state index in [0.717, 1.165) is 22.0 Å². The van der Waals surface area contributed by atoms with Crippen LogP contribution in [-0.2, 0) is 6.42 Å². The summed E-state index contributed by atoms with van der Waals surface area (Å²) in [6, 6.07) is 10.8. The van der Waals surface area contributed by atoms with Crippen molar-refractivity contribution in [1.29, 1.82) is 0 Å². The van der Waals surface area contributed by atoms with Gasteiger partial charge in [0.1, 0.15) is 0 Å². The molecule has 4 rings (SSSR count). The van der Waals surface area contributed by atoms with Crippen LogP contribution in [0.15, 0.2) is 47.6 Å². The summed E-state index contributed by atoms with van der Waals surface area (Å²) >= 11 is 0. The smallest absolute Gasteiger partial charge is 0.162 e. The number of benzene rings is 2. The summed E-state index contributed by atoms with van der Waals surface area (Å²) < 4.78 is 28.1. The molecule has 3 aromatic rings. The van der Waals surface area contributed by atoms with E-state index in [9.17, 15) is 8.78 Å². The normalized spacial score (nSPS) is 15.8. The highest BCUT2D eigenvalue weighted by Crippen LogP contribution is 2.32. The number of rotatable bonds is 1. The van der Waals surface area contributed by atoms with Crippen molar-refractivity contribution in [2.75, 3.05) is 0 Å². The molecule has 0 spiro atoms. The average Bonchev–Trinajstić information content (AvgIpc) is 2.57. The van der Waals surface area contributed by atoms with Crippen molar-refractivity contribution in [2.45, 2.75) is 32.7 Å². The molecule has 2 nitrogen and oxygen atoms in total. The van der Waals surface area contributed by atoms with Gasteiger partial charge in [0, 0.05) is 34.7 Å². The topological polar surface area (TPSA) is 25.2 Å². The number of hydrogen-bond acceptors (Lipinski definition) is 2. The Hall–Kier alpha value is -2.62. The summed E-state index contributed by atoms with van der Waals surface area (Å²) in [6.07, 6.45) is 2.14. The lowest BCUT2D eigenvalue weighted by Gasteiger charge is -2.29. The molecule has 0 atom stereocenters. The third kappa shape index (κ3) is 2.62. The quantitative estimate of drug-likeness (QED) is 0.614. The fraction of sp³-hybridized carbons (Fsp3) is 0.238. The van der Waals surface area contributed by atoms with E-state index >= 15 is 0 Å². The SMILES string of the molecule is Cc1cccc2cc(C3=NC(C)(C)Cc4c3ccc(F)c4F)cnc12. The van der Waals surface area contributed by atoms with E-state index in [1.807, 2.05) is 45.0 Å². The van der Waals surface area contributed by atoms with Gasteiger partial charge in [0.05, 0.1) is 16.8 Å². The molecule has 1 aliphatic heterocycles. The summed E-state index contributed by atoms with van der Waals surface area (Å²) in [5.41, 5.74) is 4.06. The second kappa shape index (κ2) is 5.45. The van der Waals surface area contributed by atoms with Crippen LogP contribution in [-0.4, -0.2) is 16.2 Å². The first-order chi connectivity index (χ1) is 11.9. The predicted molar refractivity (Wildman–Crippen MR) is 96.3 cm³/mol. The third-order valence-corrected chi connectivity index (χ3v) is 4.66. The predicted octanol–water partition coefficient (Wildman–Crippen LogP) is 4.99. The van der Waals surface area contributed by atoms with Gasteiger partial charge in [-0.05, 0) is 44.5 Å². The van der Waals surface area contributed by atoms with Crippen LogP contribution in [0.5, 0.6) is 0 Å². The van der Waals surface area contributed by atoms with Crippen molar-refractivity contribution >= 4 is 16.6 Å². The molecule has 2 aromatic carbocycles.